The van der Waals surface area contributed by atoms with Crippen molar-refractivity contribution < 1.29 is 4.79 Å². The molecule has 5 aromatic rings. The van der Waals surface area contributed by atoms with Gasteiger partial charge in [0.25, 0.3) is 0 Å². The van der Waals surface area contributed by atoms with Crippen LogP contribution in [-0.2, 0) is 0 Å². The third-order valence-corrected chi connectivity index (χ3v) is 5.50. The molecule has 0 saturated carbocycles. The largest absolute Gasteiger partial charge is 0.312 e. The summed E-state index contributed by atoms with van der Waals surface area (Å²) in [5.74, 6) is 0.0548. The Balaban J connectivity index is 1.98. The minimum atomic E-state index is 0.0548. The zero-order valence-electron chi connectivity index (χ0n) is 15.4. The number of pyridine rings is 1. The Hall–Kier alpha value is -3.39. The van der Waals surface area contributed by atoms with Crippen LogP contribution in [0.15, 0.2) is 79.0 Å². The molecular formula is C25H19NO. The summed E-state index contributed by atoms with van der Waals surface area (Å²) in [6.07, 6.45) is 2.03. The highest BCUT2D eigenvalue weighted by Gasteiger charge is 2.21. The molecule has 0 saturated heterocycles. The number of ketones is 1. The quantitative estimate of drug-likeness (QED) is 0.353. The molecule has 2 nitrogen and oxygen atoms in total. The Bertz CT molecular complexity index is 1340. The number of hydrogen-bond acceptors (Lipinski definition) is 1. The predicted octanol–water partition coefficient (Wildman–Crippen LogP) is 6.09. The molecule has 0 aliphatic carbocycles. The van der Waals surface area contributed by atoms with Gasteiger partial charge in [-0.25, -0.2) is 0 Å². The van der Waals surface area contributed by atoms with Crippen molar-refractivity contribution in [3.63, 3.8) is 0 Å². The van der Waals surface area contributed by atoms with E-state index in [2.05, 4.69) is 60.7 Å². The van der Waals surface area contributed by atoms with E-state index in [0.29, 0.717) is 5.56 Å². The van der Waals surface area contributed by atoms with Gasteiger partial charge in [0.05, 0.1) is 5.52 Å². The van der Waals surface area contributed by atoms with Crippen molar-refractivity contribution in [1.82, 2.24) is 4.40 Å². The maximum absolute atomic E-state index is 13.4. The monoisotopic (exact) mass is 349 g/mol. The second-order valence-corrected chi connectivity index (χ2v) is 7.15. The SMILES string of the molecule is Cc1cc2c(C(=O)c3ccccc3)n3ccc4ccccc4c3c2cc1C. The Morgan fingerprint density at radius 3 is 2.19 bits per heavy atom. The zero-order valence-corrected chi connectivity index (χ0v) is 15.4. The fraction of sp³-hybridized carbons (Fsp3) is 0.0800. The molecule has 0 radical (unpaired) electrons. The summed E-state index contributed by atoms with van der Waals surface area (Å²) >= 11 is 0. The fourth-order valence-electron chi connectivity index (χ4n) is 3.97. The molecule has 0 amide bonds. The highest BCUT2D eigenvalue weighted by molar-refractivity contribution is 6.22. The molecule has 27 heavy (non-hydrogen) atoms. The van der Waals surface area contributed by atoms with Crippen molar-refractivity contribution in [2.24, 2.45) is 0 Å². The molecule has 3 aromatic carbocycles. The number of hydrogen-bond donors (Lipinski definition) is 0. The predicted molar refractivity (Wildman–Crippen MR) is 112 cm³/mol. The van der Waals surface area contributed by atoms with Gasteiger partial charge in [0.2, 0.25) is 5.78 Å². The van der Waals surface area contributed by atoms with Crippen LogP contribution in [-0.4, -0.2) is 10.2 Å². The molecule has 2 heterocycles. The third-order valence-electron chi connectivity index (χ3n) is 5.50. The van der Waals surface area contributed by atoms with E-state index < -0.39 is 0 Å². The van der Waals surface area contributed by atoms with E-state index in [1.54, 1.807) is 0 Å². The van der Waals surface area contributed by atoms with Gasteiger partial charge in [-0.15, -0.1) is 0 Å². The fourth-order valence-corrected chi connectivity index (χ4v) is 3.97. The van der Waals surface area contributed by atoms with Gasteiger partial charge in [-0.05, 0) is 48.6 Å². The maximum atomic E-state index is 13.4. The van der Waals surface area contributed by atoms with Crippen LogP contribution >= 0.6 is 0 Å². The van der Waals surface area contributed by atoms with Crippen LogP contribution in [0.3, 0.4) is 0 Å². The number of rotatable bonds is 2. The van der Waals surface area contributed by atoms with Crippen LogP contribution < -0.4 is 0 Å². The molecule has 0 fully saturated rings. The van der Waals surface area contributed by atoms with Gasteiger partial charge in [0, 0.05) is 27.9 Å². The number of fused-ring (bicyclic) bond motifs is 5. The minimum absolute atomic E-state index is 0.0548. The van der Waals surface area contributed by atoms with Crippen molar-refractivity contribution in [2.75, 3.05) is 0 Å². The lowest BCUT2D eigenvalue weighted by atomic mass is 10.00. The molecule has 0 spiro atoms. The molecule has 0 unspecified atom stereocenters. The van der Waals surface area contributed by atoms with Crippen LogP contribution in [0.4, 0.5) is 0 Å². The minimum Gasteiger partial charge on any atom is -0.312 e. The second-order valence-electron chi connectivity index (χ2n) is 7.15. The average molecular weight is 349 g/mol. The van der Waals surface area contributed by atoms with Gasteiger partial charge in [-0.3, -0.25) is 4.79 Å². The van der Waals surface area contributed by atoms with E-state index in [1.165, 1.54) is 21.9 Å². The van der Waals surface area contributed by atoms with Gasteiger partial charge in [0.1, 0.15) is 5.69 Å². The molecule has 2 heteroatoms. The molecule has 0 atom stereocenters. The molecule has 0 N–H and O–H groups in total. The first-order valence-electron chi connectivity index (χ1n) is 9.17. The van der Waals surface area contributed by atoms with Crippen molar-refractivity contribution in [1.29, 1.82) is 0 Å². The lowest BCUT2D eigenvalue weighted by Gasteiger charge is -2.06. The number of carbonyl (C=O) groups is 1. The van der Waals surface area contributed by atoms with E-state index >= 15 is 0 Å². The Morgan fingerprint density at radius 2 is 1.41 bits per heavy atom. The first-order valence-corrected chi connectivity index (χ1v) is 9.17. The van der Waals surface area contributed by atoms with Gasteiger partial charge in [-0.1, -0.05) is 54.6 Å². The number of carbonyl (C=O) groups excluding carboxylic acids is 1. The topological polar surface area (TPSA) is 21.5 Å². The summed E-state index contributed by atoms with van der Waals surface area (Å²) in [5, 5.41) is 4.50. The van der Waals surface area contributed by atoms with Crippen molar-refractivity contribution in [2.45, 2.75) is 13.8 Å². The third kappa shape index (κ3) is 2.30. The van der Waals surface area contributed by atoms with Gasteiger partial charge >= 0.3 is 0 Å². The summed E-state index contributed by atoms with van der Waals surface area (Å²) in [6.45, 7) is 4.23. The molecule has 2 aromatic heterocycles. The summed E-state index contributed by atoms with van der Waals surface area (Å²) in [4.78, 5) is 13.4. The van der Waals surface area contributed by atoms with E-state index in [-0.39, 0.29) is 5.78 Å². The van der Waals surface area contributed by atoms with Gasteiger partial charge < -0.3 is 4.40 Å². The molecular weight excluding hydrogens is 330 g/mol. The van der Waals surface area contributed by atoms with Crippen molar-refractivity contribution in [3.8, 4) is 0 Å². The smallest absolute Gasteiger partial charge is 0.210 e. The zero-order chi connectivity index (χ0) is 18.5. The van der Waals surface area contributed by atoms with E-state index in [1.807, 2.05) is 36.5 Å². The summed E-state index contributed by atoms with van der Waals surface area (Å²) in [5.41, 5.74) is 4.99. The number of benzene rings is 3. The Labute approximate surface area is 157 Å². The van der Waals surface area contributed by atoms with Crippen LogP contribution in [0, 0.1) is 13.8 Å². The van der Waals surface area contributed by atoms with E-state index in [0.717, 1.165) is 22.0 Å². The molecule has 0 aliphatic heterocycles. The second kappa shape index (κ2) is 5.82. The Kier molecular flexibility index (Phi) is 3.41. The average Bonchev–Trinajstić information content (AvgIpc) is 3.02. The number of aromatic nitrogens is 1. The van der Waals surface area contributed by atoms with Gasteiger partial charge in [-0.2, -0.15) is 0 Å². The van der Waals surface area contributed by atoms with Gasteiger partial charge in [0.15, 0.2) is 0 Å². The molecule has 5 rings (SSSR count). The van der Waals surface area contributed by atoms with Crippen molar-refractivity contribution >= 4 is 32.8 Å². The molecule has 0 bridgehead atoms. The summed E-state index contributed by atoms with van der Waals surface area (Å²) in [7, 11) is 0. The lowest BCUT2D eigenvalue weighted by Crippen LogP contribution is -2.05. The number of nitrogens with zero attached hydrogens (tertiary/aromatic N) is 1. The van der Waals surface area contributed by atoms with E-state index in [4.69, 9.17) is 0 Å². The normalized spacial score (nSPS) is 11.5. The maximum Gasteiger partial charge on any atom is 0.210 e. The van der Waals surface area contributed by atoms with Crippen LogP contribution in [0.2, 0.25) is 0 Å². The summed E-state index contributed by atoms with van der Waals surface area (Å²) in [6, 6.07) is 24.4. The standard InChI is InChI=1S/C25H19NO/c1-16-14-21-22(15-17(16)2)24(25(27)19-9-4-3-5-10-19)26-13-12-18-8-6-7-11-20(18)23(21)26/h3-15H,1-2H3. The van der Waals surface area contributed by atoms with Crippen LogP contribution in [0.1, 0.15) is 27.2 Å². The van der Waals surface area contributed by atoms with Crippen LogP contribution in [0.25, 0.3) is 27.1 Å². The van der Waals surface area contributed by atoms with Crippen molar-refractivity contribution in [3.05, 3.63) is 101 Å². The van der Waals surface area contributed by atoms with Crippen LogP contribution in [0.5, 0.6) is 0 Å². The molecule has 0 aliphatic rings. The highest BCUT2D eigenvalue weighted by atomic mass is 16.1. The number of aryl methyl sites for hydroxylation is 2. The molecule has 130 valence electrons. The lowest BCUT2D eigenvalue weighted by molar-refractivity contribution is 0.103. The highest BCUT2D eigenvalue weighted by Crippen LogP contribution is 2.35. The first kappa shape index (κ1) is 15.8. The Morgan fingerprint density at radius 1 is 0.741 bits per heavy atom. The van der Waals surface area contributed by atoms with E-state index in [9.17, 15) is 4.79 Å². The first-order chi connectivity index (χ1) is 13.1. The summed E-state index contributed by atoms with van der Waals surface area (Å²) < 4.78 is 2.07.